The highest BCUT2D eigenvalue weighted by molar-refractivity contribution is 7.99. The Hall–Kier alpha value is -2.40. The summed E-state index contributed by atoms with van der Waals surface area (Å²) < 4.78 is 33.0. The number of hydrogen-bond acceptors (Lipinski definition) is 7. The molecule has 1 aliphatic heterocycles. The molecular formula is C21H21ClN4O4S2. The minimum atomic E-state index is -3.56. The van der Waals surface area contributed by atoms with Crippen LogP contribution in [-0.2, 0) is 14.8 Å². The summed E-state index contributed by atoms with van der Waals surface area (Å²) in [6, 6.07) is 13.3. The maximum atomic E-state index is 12.9. The first-order chi connectivity index (χ1) is 15.4. The summed E-state index contributed by atoms with van der Waals surface area (Å²) >= 11 is 7.00. The quantitative estimate of drug-likeness (QED) is 0.490. The number of benzene rings is 2. The van der Waals surface area contributed by atoms with E-state index in [9.17, 15) is 13.2 Å². The van der Waals surface area contributed by atoms with Crippen molar-refractivity contribution in [1.82, 2.24) is 14.5 Å². The van der Waals surface area contributed by atoms with E-state index in [-0.39, 0.29) is 27.7 Å². The van der Waals surface area contributed by atoms with Crippen molar-refractivity contribution in [3.63, 3.8) is 0 Å². The summed E-state index contributed by atoms with van der Waals surface area (Å²) in [5.41, 5.74) is 1.10. The Morgan fingerprint density at radius 3 is 2.66 bits per heavy atom. The van der Waals surface area contributed by atoms with Gasteiger partial charge in [-0.1, -0.05) is 41.9 Å². The number of nitrogens with one attached hydrogen (secondary N) is 1. The van der Waals surface area contributed by atoms with Crippen molar-refractivity contribution in [1.29, 1.82) is 0 Å². The molecule has 0 saturated carbocycles. The van der Waals surface area contributed by atoms with E-state index in [4.69, 9.17) is 16.0 Å². The summed E-state index contributed by atoms with van der Waals surface area (Å²) in [5, 5.41) is 11.4. The van der Waals surface area contributed by atoms with Crippen LogP contribution < -0.4 is 5.32 Å². The van der Waals surface area contributed by atoms with Crippen LogP contribution in [0.4, 0.5) is 5.69 Å². The second kappa shape index (κ2) is 10.0. The van der Waals surface area contributed by atoms with Crippen LogP contribution in [0.2, 0.25) is 5.02 Å². The summed E-state index contributed by atoms with van der Waals surface area (Å²) in [4.78, 5) is 12.3. The van der Waals surface area contributed by atoms with Gasteiger partial charge in [-0.15, -0.1) is 10.2 Å². The summed E-state index contributed by atoms with van der Waals surface area (Å²) in [5.74, 6) is 0.0161. The Bertz CT molecular complexity index is 1210. The number of hydrogen-bond donors (Lipinski definition) is 1. The van der Waals surface area contributed by atoms with Gasteiger partial charge in [-0.05, 0) is 49.2 Å². The number of thioether (sulfide) groups is 1. The third kappa shape index (κ3) is 5.50. The molecule has 2 aromatic carbocycles. The average molecular weight is 493 g/mol. The molecule has 0 aliphatic carbocycles. The van der Waals surface area contributed by atoms with Gasteiger partial charge >= 0.3 is 0 Å². The standard InChI is InChI=1S/C21H21ClN4O4S2/c22-16-7-5-8-17(13-16)23-19(27)14-31-21-25-24-20(30-21)15-6-4-9-18(12-15)32(28,29)26-10-2-1-3-11-26/h4-9,12-13H,1-3,10-11,14H2,(H,23,27). The molecule has 1 aromatic heterocycles. The van der Waals surface area contributed by atoms with Crippen molar-refractivity contribution in [2.45, 2.75) is 29.4 Å². The molecule has 32 heavy (non-hydrogen) atoms. The zero-order valence-corrected chi connectivity index (χ0v) is 19.4. The second-order valence-corrected chi connectivity index (χ2v) is 10.5. The van der Waals surface area contributed by atoms with Gasteiger partial charge in [-0.2, -0.15) is 4.31 Å². The lowest BCUT2D eigenvalue weighted by molar-refractivity contribution is -0.113. The smallest absolute Gasteiger partial charge is 0.277 e. The van der Waals surface area contributed by atoms with E-state index in [0.29, 0.717) is 29.4 Å². The van der Waals surface area contributed by atoms with E-state index in [0.717, 1.165) is 31.0 Å². The molecule has 0 atom stereocenters. The molecule has 0 bridgehead atoms. The monoisotopic (exact) mass is 492 g/mol. The lowest BCUT2D eigenvalue weighted by Gasteiger charge is -2.25. The van der Waals surface area contributed by atoms with Crippen LogP contribution in [0.5, 0.6) is 0 Å². The molecule has 11 heteroatoms. The molecule has 0 radical (unpaired) electrons. The van der Waals surface area contributed by atoms with Gasteiger partial charge in [0.25, 0.3) is 5.22 Å². The average Bonchev–Trinajstić information content (AvgIpc) is 3.28. The van der Waals surface area contributed by atoms with Gasteiger partial charge in [0.2, 0.25) is 21.8 Å². The van der Waals surface area contributed by atoms with E-state index < -0.39 is 10.0 Å². The van der Waals surface area contributed by atoms with E-state index in [1.54, 1.807) is 42.5 Å². The first-order valence-electron chi connectivity index (χ1n) is 10.0. The molecule has 2 heterocycles. The summed E-state index contributed by atoms with van der Waals surface area (Å²) in [7, 11) is -3.56. The molecule has 1 saturated heterocycles. The Labute approximate surface area is 195 Å². The van der Waals surface area contributed by atoms with Crippen molar-refractivity contribution in [3.05, 3.63) is 53.6 Å². The van der Waals surface area contributed by atoms with Gasteiger partial charge in [0.1, 0.15) is 0 Å². The maximum Gasteiger partial charge on any atom is 0.277 e. The predicted octanol–water partition coefficient (Wildman–Crippen LogP) is 4.30. The summed E-state index contributed by atoms with van der Waals surface area (Å²) in [6.07, 6.45) is 2.79. The highest BCUT2D eigenvalue weighted by Crippen LogP contribution is 2.27. The largest absolute Gasteiger partial charge is 0.411 e. The zero-order chi connectivity index (χ0) is 22.6. The minimum absolute atomic E-state index is 0.0670. The third-order valence-corrected chi connectivity index (χ3v) is 7.82. The van der Waals surface area contributed by atoms with Crippen molar-refractivity contribution in [3.8, 4) is 11.5 Å². The highest BCUT2D eigenvalue weighted by atomic mass is 35.5. The Morgan fingerprint density at radius 2 is 1.88 bits per heavy atom. The van der Waals surface area contributed by atoms with Crippen LogP contribution in [0.25, 0.3) is 11.5 Å². The van der Waals surface area contributed by atoms with Gasteiger partial charge in [-0.3, -0.25) is 4.79 Å². The van der Waals surface area contributed by atoms with E-state index in [1.807, 2.05) is 0 Å². The Kier molecular flexibility index (Phi) is 7.14. The van der Waals surface area contributed by atoms with Crippen molar-refractivity contribution in [2.24, 2.45) is 0 Å². The van der Waals surface area contributed by atoms with E-state index in [1.165, 1.54) is 10.4 Å². The maximum absolute atomic E-state index is 12.9. The number of carbonyl (C=O) groups is 1. The van der Waals surface area contributed by atoms with Crippen LogP contribution in [-0.4, -0.2) is 47.7 Å². The van der Waals surface area contributed by atoms with Crippen LogP contribution >= 0.6 is 23.4 Å². The zero-order valence-electron chi connectivity index (χ0n) is 17.0. The molecule has 3 aromatic rings. The number of aromatic nitrogens is 2. The van der Waals surface area contributed by atoms with Gasteiger partial charge in [0.05, 0.1) is 10.6 Å². The molecule has 1 N–H and O–H groups in total. The van der Waals surface area contributed by atoms with Crippen molar-refractivity contribution < 1.29 is 17.6 Å². The number of nitrogens with zero attached hydrogens (tertiary/aromatic N) is 3. The number of rotatable bonds is 7. The molecule has 168 valence electrons. The fourth-order valence-electron chi connectivity index (χ4n) is 3.32. The fraction of sp³-hybridized carbons (Fsp3) is 0.286. The van der Waals surface area contributed by atoms with Crippen molar-refractivity contribution in [2.75, 3.05) is 24.2 Å². The number of sulfonamides is 1. The molecule has 8 nitrogen and oxygen atoms in total. The van der Waals surface area contributed by atoms with Crippen LogP contribution in [0.15, 0.2) is 63.1 Å². The molecular weight excluding hydrogens is 472 g/mol. The lowest BCUT2D eigenvalue weighted by atomic mass is 10.2. The Morgan fingerprint density at radius 1 is 1.09 bits per heavy atom. The van der Waals surface area contributed by atoms with Crippen LogP contribution in [0.1, 0.15) is 19.3 Å². The second-order valence-electron chi connectivity index (χ2n) is 7.21. The SMILES string of the molecule is O=C(CSc1nnc(-c2cccc(S(=O)(=O)N3CCCCC3)c2)o1)Nc1cccc(Cl)c1. The summed E-state index contributed by atoms with van der Waals surface area (Å²) in [6.45, 7) is 1.07. The molecule has 1 amide bonds. The van der Waals surface area contributed by atoms with Gasteiger partial charge < -0.3 is 9.73 Å². The van der Waals surface area contributed by atoms with Crippen molar-refractivity contribution >= 4 is 45.0 Å². The van der Waals surface area contributed by atoms with Crippen LogP contribution in [0, 0.1) is 0 Å². The first kappa shape index (κ1) is 22.8. The van der Waals surface area contributed by atoms with E-state index in [2.05, 4.69) is 15.5 Å². The number of halogens is 1. The number of amides is 1. The molecule has 0 unspecified atom stereocenters. The number of carbonyl (C=O) groups excluding carboxylic acids is 1. The van der Waals surface area contributed by atoms with E-state index >= 15 is 0 Å². The molecule has 0 spiro atoms. The lowest BCUT2D eigenvalue weighted by Crippen LogP contribution is -2.35. The first-order valence-corrected chi connectivity index (χ1v) is 12.8. The number of piperidine rings is 1. The third-order valence-electron chi connectivity index (χ3n) is 4.88. The number of anilines is 1. The topological polar surface area (TPSA) is 105 Å². The molecule has 1 fully saturated rings. The normalized spacial score (nSPS) is 14.9. The fourth-order valence-corrected chi connectivity index (χ4v) is 5.64. The highest BCUT2D eigenvalue weighted by Gasteiger charge is 2.26. The van der Waals surface area contributed by atoms with Gasteiger partial charge in [0, 0.05) is 29.4 Å². The minimum Gasteiger partial charge on any atom is -0.411 e. The molecule has 1 aliphatic rings. The molecule has 4 rings (SSSR count). The predicted molar refractivity (Wildman–Crippen MR) is 123 cm³/mol. The van der Waals surface area contributed by atoms with Gasteiger partial charge in [-0.25, -0.2) is 8.42 Å². The van der Waals surface area contributed by atoms with Gasteiger partial charge in [0.15, 0.2) is 0 Å². The Balaban J connectivity index is 1.41. The van der Waals surface area contributed by atoms with Crippen LogP contribution in [0.3, 0.4) is 0 Å².